The van der Waals surface area contributed by atoms with Crippen molar-refractivity contribution in [3.63, 3.8) is 0 Å². The smallest absolute Gasteiger partial charge is 0.255 e. The predicted octanol–water partition coefficient (Wildman–Crippen LogP) is 5.03. The van der Waals surface area contributed by atoms with E-state index in [0.29, 0.717) is 28.0 Å². The van der Waals surface area contributed by atoms with E-state index < -0.39 is 0 Å². The SMILES string of the molecule is CCCCc1cc(C)cc(-n2nc3ccc(NC(=O)c4ccccc4)cc3n2)c1O. The van der Waals surface area contributed by atoms with Gasteiger partial charge in [-0.1, -0.05) is 37.6 Å². The molecule has 2 N–H and O–H groups in total. The molecule has 1 heterocycles. The molecule has 30 heavy (non-hydrogen) atoms. The summed E-state index contributed by atoms with van der Waals surface area (Å²) in [5.41, 5.74) is 5.06. The Kier molecular flexibility index (Phi) is 5.48. The van der Waals surface area contributed by atoms with E-state index in [4.69, 9.17) is 0 Å². The molecule has 0 bridgehead atoms. The molecule has 6 nitrogen and oxygen atoms in total. The summed E-state index contributed by atoms with van der Waals surface area (Å²) in [5, 5.41) is 22.7. The van der Waals surface area contributed by atoms with Gasteiger partial charge < -0.3 is 10.4 Å². The van der Waals surface area contributed by atoms with Gasteiger partial charge in [0.25, 0.3) is 5.91 Å². The Morgan fingerprint density at radius 2 is 1.80 bits per heavy atom. The third-order valence-corrected chi connectivity index (χ3v) is 5.00. The van der Waals surface area contributed by atoms with E-state index in [1.165, 1.54) is 4.80 Å². The maximum Gasteiger partial charge on any atom is 0.255 e. The van der Waals surface area contributed by atoms with E-state index in [0.717, 1.165) is 30.4 Å². The minimum absolute atomic E-state index is 0.181. The Hall–Kier alpha value is -3.67. The second-order valence-electron chi connectivity index (χ2n) is 7.41. The maximum atomic E-state index is 12.4. The first kappa shape index (κ1) is 19.6. The number of phenols is 1. The van der Waals surface area contributed by atoms with Crippen molar-refractivity contribution in [3.05, 3.63) is 77.4 Å². The number of aromatic nitrogens is 3. The number of nitrogens with one attached hydrogen (secondary N) is 1. The quantitative estimate of drug-likeness (QED) is 0.476. The summed E-state index contributed by atoms with van der Waals surface area (Å²) in [6.45, 7) is 4.13. The van der Waals surface area contributed by atoms with Crippen LogP contribution in [0.5, 0.6) is 5.75 Å². The van der Waals surface area contributed by atoms with Gasteiger partial charge in [0.15, 0.2) is 0 Å². The molecule has 152 valence electrons. The third kappa shape index (κ3) is 4.03. The van der Waals surface area contributed by atoms with E-state index in [9.17, 15) is 9.90 Å². The van der Waals surface area contributed by atoms with Crippen molar-refractivity contribution in [3.8, 4) is 11.4 Å². The predicted molar refractivity (Wildman–Crippen MR) is 118 cm³/mol. The lowest BCUT2D eigenvalue weighted by Gasteiger charge is -2.10. The first-order valence-corrected chi connectivity index (χ1v) is 10.1. The topological polar surface area (TPSA) is 80.0 Å². The molecule has 1 amide bonds. The zero-order chi connectivity index (χ0) is 21.1. The molecule has 6 heteroatoms. The fraction of sp³-hybridized carbons (Fsp3) is 0.208. The van der Waals surface area contributed by atoms with Crippen molar-refractivity contribution in [2.24, 2.45) is 0 Å². The number of hydrogen-bond donors (Lipinski definition) is 2. The van der Waals surface area contributed by atoms with E-state index in [1.54, 1.807) is 24.3 Å². The molecule has 1 aromatic heterocycles. The summed E-state index contributed by atoms with van der Waals surface area (Å²) in [7, 11) is 0. The van der Waals surface area contributed by atoms with E-state index >= 15 is 0 Å². The van der Waals surface area contributed by atoms with Gasteiger partial charge in [-0.05, 0) is 67.3 Å². The molecule has 0 aliphatic carbocycles. The number of benzene rings is 3. The van der Waals surface area contributed by atoms with Gasteiger partial charge in [0.2, 0.25) is 0 Å². The number of rotatable bonds is 6. The number of aryl methyl sites for hydroxylation is 2. The van der Waals surface area contributed by atoms with Gasteiger partial charge in [0, 0.05) is 11.3 Å². The van der Waals surface area contributed by atoms with Crippen molar-refractivity contribution in [1.82, 2.24) is 15.0 Å². The van der Waals surface area contributed by atoms with E-state index in [2.05, 4.69) is 22.4 Å². The van der Waals surface area contributed by atoms with Gasteiger partial charge in [-0.2, -0.15) is 0 Å². The number of hydrogen-bond acceptors (Lipinski definition) is 4. The van der Waals surface area contributed by atoms with Gasteiger partial charge in [0.1, 0.15) is 22.5 Å². The fourth-order valence-electron chi connectivity index (χ4n) is 3.44. The van der Waals surface area contributed by atoms with Crippen molar-refractivity contribution >= 4 is 22.6 Å². The molecule has 0 saturated carbocycles. The Morgan fingerprint density at radius 1 is 1.03 bits per heavy atom. The van der Waals surface area contributed by atoms with Crippen LogP contribution >= 0.6 is 0 Å². The molecular formula is C24H24N4O2. The fourth-order valence-corrected chi connectivity index (χ4v) is 3.44. The molecule has 0 aliphatic heterocycles. The molecule has 4 aromatic rings. The van der Waals surface area contributed by atoms with Crippen LogP contribution in [0.25, 0.3) is 16.7 Å². The summed E-state index contributed by atoms with van der Waals surface area (Å²) < 4.78 is 0. The van der Waals surface area contributed by atoms with Gasteiger partial charge in [0.05, 0.1) is 0 Å². The number of carbonyl (C=O) groups excluding carboxylic acids is 1. The van der Waals surface area contributed by atoms with Gasteiger partial charge >= 0.3 is 0 Å². The highest BCUT2D eigenvalue weighted by Crippen LogP contribution is 2.29. The van der Waals surface area contributed by atoms with Crippen LogP contribution in [-0.4, -0.2) is 26.0 Å². The Morgan fingerprint density at radius 3 is 2.57 bits per heavy atom. The number of aromatic hydroxyl groups is 1. The first-order chi connectivity index (χ1) is 14.5. The monoisotopic (exact) mass is 400 g/mol. The number of fused-ring (bicyclic) bond motifs is 1. The maximum absolute atomic E-state index is 12.4. The highest BCUT2D eigenvalue weighted by atomic mass is 16.3. The lowest BCUT2D eigenvalue weighted by Crippen LogP contribution is -2.11. The van der Waals surface area contributed by atoms with Crippen LogP contribution in [0.15, 0.2) is 60.7 Å². The van der Waals surface area contributed by atoms with E-state index in [1.807, 2.05) is 43.3 Å². The number of unbranched alkanes of at least 4 members (excludes halogenated alkanes) is 1. The zero-order valence-electron chi connectivity index (χ0n) is 17.1. The minimum atomic E-state index is -0.181. The van der Waals surface area contributed by atoms with Gasteiger partial charge in [-0.25, -0.2) is 0 Å². The Labute approximate surface area is 175 Å². The van der Waals surface area contributed by atoms with E-state index in [-0.39, 0.29) is 11.7 Å². The highest BCUT2D eigenvalue weighted by molar-refractivity contribution is 6.04. The molecule has 0 atom stereocenters. The lowest BCUT2D eigenvalue weighted by molar-refractivity contribution is 0.102. The molecule has 3 aromatic carbocycles. The second-order valence-corrected chi connectivity index (χ2v) is 7.41. The molecule has 0 unspecified atom stereocenters. The van der Waals surface area contributed by atoms with Gasteiger partial charge in [-0.3, -0.25) is 4.79 Å². The van der Waals surface area contributed by atoms with Gasteiger partial charge in [-0.15, -0.1) is 15.0 Å². The normalized spacial score (nSPS) is 11.0. The molecule has 4 rings (SSSR count). The Bertz CT molecular complexity index is 1200. The molecular weight excluding hydrogens is 376 g/mol. The summed E-state index contributed by atoms with van der Waals surface area (Å²) in [5.74, 6) is 0.0335. The van der Waals surface area contributed by atoms with Crippen molar-refractivity contribution in [2.75, 3.05) is 5.32 Å². The lowest BCUT2D eigenvalue weighted by atomic mass is 10.0. The number of phenolic OH excluding ortho intramolecular Hbond substituents is 1. The second kappa shape index (κ2) is 8.37. The average Bonchev–Trinajstić information content (AvgIpc) is 3.18. The first-order valence-electron chi connectivity index (χ1n) is 10.1. The summed E-state index contributed by atoms with van der Waals surface area (Å²) in [6.07, 6.45) is 2.88. The number of carbonyl (C=O) groups is 1. The average molecular weight is 400 g/mol. The van der Waals surface area contributed by atoms with Crippen LogP contribution in [0, 0.1) is 6.92 Å². The summed E-state index contributed by atoms with van der Waals surface area (Å²) in [4.78, 5) is 13.9. The van der Waals surface area contributed by atoms with Crippen LogP contribution in [0.4, 0.5) is 5.69 Å². The zero-order valence-corrected chi connectivity index (χ0v) is 17.1. The summed E-state index contributed by atoms with van der Waals surface area (Å²) in [6, 6.07) is 18.3. The number of nitrogens with zero attached hydrogens (tertiary/aromatic N) is 3. The van der Waals surface area contributed by atoms with Crippen LogP contribution in [0.3, 0.4) is 0 Å². The molecule has 0 radical (unpaired) electrons. The Balaban J connectivity index is 1.65. The molecule has 0 aliphatic rings. The van der Waals surface area contributed by atoms with Crippen LogP contribution in [-0.2, 0) is 6.42 Å². The molecule has 0 fully saturated rings. The minimum Gasteiger partial charge on any atom is -0.505 e. The molecule has 0 spiro atoms. The largest absolute Gasteiger partial charge is 0.505 e. The van der Waals surface area contributed by atoms with Crippen LogP contribution in [0.2, 0.25) is 0 Å². The van der Waals surface area contributed by atoms with Crippen molar-refractivity contribution in [2.45, 2.75) is 33.1 Å². The van der Waals surface area contributed by atoms with Crippen LogP contribution < -0.4 is 5.32 Å². The standard InChI is InChI=1S/C24H24N4O2/c1-3-4-8-18-13-16(2)14-22(23(18)29)28-26-20-12-11-19(15-21(20)27-28)25-24(30)17-9-6-5-7-10-17/h5-7,9-15,29H,3-4,8H2,1-2H3,(H,25,30). The number of amides is 1. The third-order valence-electron chi connectivity index (χ3n) is 5.00. The molecule has 0 saturated heterocycles. The number of anilines is 1. The van der Waals surface area contributed by atoms with Crippen LogP contribution in [0.1, 0.15) is 41.3 Å². The summed E-state index contributed by atoms with van der Waals surface area (Å²) >= 11 is 0. The highest BCUT2D eigenvalue weighted by Gasteiger charge is 2.14. The van der Waals surface area contributed by atoms with Crippen molar-refractivity contribution < 1.29 is 9.90 Å². The van der Waals surface area contributed by atoms with Crippen molar-refractivity contribution in [1.29, 1.82) is 0 Å².